The van der Waals surface area contributed by atoms with Gasteiger partial charge >= 0.3 is 5.97 Å². The lowest BCUT2D eigenvalue weighted by Crippen LogP contribution is -2.49. The lowest BCUT2D eigenvalue weighted by Gasteiger charge is -2.39. The summed E-state index contributed by atoms with van der Waals surface area (Å²) in [5, 5.41) is 3.11. The van der Waals surface area contributed by atoms with E-state index in [4.69, 9.17) is 14.5 Å². The number of nitrogens with one attached hydrogen (secondary N) is 1. The van der Waals surface area contributed by atoms with Gasteiger partial charge in [0.05, 0.1) is 11.3 Å². The quantitative estimate of drug-likeness (QED) is 0.323. The van der Waals surface area contributed by atoms with Gasteiger partial charge in [-0.25, -0.2) is 14.2 Å². The predicted octanol–water partition coefficient (Wildman–Crippen LogP) is 2.47. The molecule has 1 fully saturated rings. The topological polar surface area (TPSA) is 97.3 Å². The van der Waals surface area contributed by atoms with Crippen LogP contribution in [0.2, 0.25) is 0 Å². The minimum atomic E-state index is -1.03. The van der Waals surface area contributed by atoms with Crippen LogP contribution in [0.5, 0.6) is 5.75 Å². The van der Waals surface area contributed by atoms with Crippen LogP contribution in [0.3, 0.4) is 0 Å². The molecule has 1 saturated heterocycles. The van der Waals surface area contributed by atoms with Crippen LogP contribution in [0.4, 0.5) is 4.39 Å². The number of nitrogens with zero attached hydrogens (tertiary/aromatic N) is 2. The molecule has 8 nitrogen and oxygen atoms in total. The summed E-state index contributed by atoms with van der Waals surface area (Å²) in [7, 11) is 1.78. The second kappa shape index (κ2) is 9.10. The van der Waals surface area contributed by atoms with Crippen molar-refractivity contribution in [3.63, 3.8) is 0 Å². The van der Waals surface area contributed by atoms with E-state index in [1.807, 2.05) is 4.90 Å². The van der Waals surface area contributed by atoms with Crippen molar-refractivity contribution in [3.8, 4) is 5.75 Å². The number of hydrogen-bond acceptors (Lipinski definition) is 6. The number of rotatable bonds is 5. The summed E-state index contributed by atoms with van der Waals surface area (Å²) < 4.78 is 25.9. The number of ether oxygens (including phenoxy) is 2. The number of fused-ring (bicyclic) bond motifs is 2. The zero-order valence-corrected chi connectivity index (χ0v) is 18.0. The maximum Gasteiger partial charge on any atom is 0.339 e. The summed E-state index contributed by atoms with van der Waals surface area (Å²) in [6.45, 7) is 0.777. The molecule has 170 valence electrons. The Labute approximate surface area is 185 Å². The molecule has 0 amide bonds. The fraction of sp³-hybridized carbons (Fsp3) is 0.478. The number of likely N-dealkylation sites (tertiary alicyclic amines) is 1. The van der Waals surface area contributed by atoms with Crippen LogP contribution in [0, 0.1) is 5.82 Å². The summed E-state index contributed by atoms with van der Waals surface area (Å²) in [6.07, 6.45) is 5.75. The average Bonchev–Trinajstić information content (AvgIpc) is 3.08. The molecule has 9 heteroatoms. The third-order valence-corrected chi connectivity index (χ3v) is 6.30. The molecule has 2 aliphatic heterocycles. The number of aldehydes is 2. The molecule has 0 bridgehead atoms. The number of carbonyl (C=O) groups is 3. The van der Waals surface area contributed by atoms with Gasteiger partial charge < -0.3 is 19.7 Å². The Balaban J connectivity index is 1.55. The van der Waals surface area contributed by atoms with Crippen molar-refractivity contribution in [3.05, 3.63) is 40.3 Å². The van der Waals surface area contributed by atoms with Crippen molar-refractivity contribution >= 4 is 24.5 Å². The minimum Gasteiger partial charge on any atom is -0.486 e. The zero-order valence-electron chi connectivity index (χ0n) is 18.0. The number of piperidine rings is 1. The smallest absolute Gasteiger partial charge is 0.339 e. The molecule has 1 aromatic carbocycles. The molecule has 0 saturated carbocycles. The number of aliphatic imine (C=N–C) groups is 1. The molecule has 0 radical (unpaired) electrons. The van der Waals surface area contributed by atoms with Gasteiger partial charge in [-0.15, -0.1) is 0 Å². The van der Waals surface area contributed by atoms with Gasteiger partial charge in [-0.05, 0) is 31.7 Å². The second-order valence-corrected chi connectivity index (χ2v) is 8.16. The van der Waals surface area contributed by atoms with Crippen LogP contribution in [0.1, 0.15) is 54.4 Å². The van der Waals surface area contributed by atoms with Gasteiger partial charge in [-0.2, -0.15) is 0 Å². The Kier molecular flexibility index (Phi) is 6.25. The first-order chi connectivity index (χ1) is 15.5. The Morgan fingerprint density at radius 3 is 2.72 bits per heavy atom. The van der Waals surface area contributed by atoms with E-state index in [0.29, 0.717) is 38.2 Å². The SMILES string of the molecule is CN/C(=N\C1=C(C=O)CCCC1)N1CCC2(CC1)OC(=O)c1cc(OCC=O)cc(F)c12. The maximum absolute atomic E-state index is 15.0. The van der Waals surface area contributed by atoms with Crippen LogP contribution >= 0.6 is 0 Å². The highest BCUT2D eigenvalue weighted by Gasteiger charge is 2.50. The van der Waals surface area contributed by atoms with Gasteiger partial charge in [0.2, 0.25) is 0 Å². The van der Waals surface area contributed by atoms with Crippen LogP contribution < -0.4 is 10.1 Å². The van der Waals surface area contributed by atoms with Gasteiger partial charge in [0, 0.05) is 50.2 Å². The summed E-state index contributed by atoms with van der Waals surface area (Å²) in [4.78, 5) is 41.2. The summed E-state index contributed by atoms with van der Waals surface area (Å²) in [5.41, 5.74) is 0.910. The first kappa shape index (κ1) is 22.0. The van der Waals surface area contributed by atoms with Crippen LogP contribution in [0.25, 0.3) is 0 Å². The molecule has 4 rings (SSSR count). The molecular formula is C23H26FN3O5. The minimum absolute atomic E-state index is 0.121. The first-order valence-electron chi connectivity index (χ1n) is 10.8. The van der Waals surface area contributed by atoms with Crippen molar-refractivity contribution in [1.29, 1.82) is 0 Å². The molecule has 3 aliphatic rings. The summed E-state index contributed by atoms with van der Waals surface area (Å²) >= 11 is 0. The van der Waals surface area contributed by atoms with E-state index >= 15 is 4.39 Å². The number of halogens is 1. The lowest BCUT2D eigenvalue weighted by atomic mass is 9.83. The number of esters is 1. The average molecular weight is 443 g/mol. The number of allylic oxidation sites excluding steroid dienone is 2. The fourth-order valence-corrected chi connectivity index (χ4v) is 4.71. The van der Waals surface area contributed by atoms with E-state index in [2.05, 4.69) is 5.32 Å². The summed E-state index contributed by atoms with van der Waals surface area (Å²) in [6, 6.07) is 2.62. The highest BCUT2D eigenvalue weighted by molar-refractivity contribution is 5.95. The van der Waals surface area contributed by atoms with Gasteiger partial charge in [-0.3, -0.25) is 9.59 Å². The van der Waals surface area contributed by atoms with Gasteiger partial charge in [0.1, 0.15) is 30.1 Å². The van der Waals surface area contributed by atoms with Crippen molar-refractivity contribution in [1.82, 2.24) is 10.2 Å². The van der Waals surface area contributed by atoms with E-state index in [-0.39, 0.29) is 23.5 Å². The number of benzene rings is 1. The Bertz CT molecular complexity index is 996. The largest absolute Gasteiger partial charge is 0.486 e. The van der Waals surface area contributed by atoms with E-state index in [0.717, 1.165) is 43.2 Å². The highest BCUT2D eigenvalue weighted by Crippen LogP contribution is 2.46. The molecule has 1 N–H and O–H groups in total. The molecule has 0 unspecified atom stereocenters. The zero-order chi connectivity index (χ0) is 22.7. The van der Waals surface area contributed by atoms with E-state index in [1.54, 1.807) is 7.05 Å². The number of carbonyl (C=O) groups excluding carboxylic acids is 3. The molecule has 1 aromatic rings. The molecular weight excluding hydrogens is 417 g/mol. The number of guanidine groups is 1. The predicted molar refractivity (Wildman–Crippen MR) is 114 cm³/mol. The summed E-state index contributed by atoms with van der Waals surface area (Å²) in [5.74, 6) is -0.391. The number of hydrogen-bond donors (Lipinski definition) is 1. The van der Waals surface area contributed by atoms with Crippen molar-refractivity contribution in [2.24, 2.45) is 4.99 Å². The third kappa shape index (κ3) is 3.99. The van der Waals surface area contributed by atoms with E-state index < -0.39 is 17.4 Å². The molecule has 32 heavy (non-hydrogen) atoms. The Hall–Kier alpha value is -3.23. The molecule has 0 atom stereocenters. The standard InChI is InChI=1S/C23H26FN3O5/c1-25-22(26-19-5-3-2-4-15(19)14-29)27-8-6-23(7-9-27)20-17(21(30)32-23)12-16(13-18(20)24)31-11-10-28/h10,12-14H,2-9,11H2,1H3,(H,25,26). The first-order valence-corrected chi connectivity index (χ1v) is 10.8. The van der Waals surface area contributed by atoms with Gasteiger partial charge in [-0.1, -0.05) is 0 Å². The van der Waals surface area contributed by atoms with Gasteiger partial charge in [0.25, 0.3) is 0 Å². The third-order valence-electron chi connectivity index (χ3n) is 6.30. The normalized spacial score (nSPS) is 20.1. The van der Waals surface area contributed by atoms with E-state index in [9.17, 15) is 14.4 Å². The van der Waals surface area contributed by atoms with Crippen molar-refractivity contribution in [2.45, 2.75) is 44.1 Å². The van der Waals surface area contributed by atoms with Crippen molar-refractivity contribution < 1.29 is 28.2 Å². The molecule has 0 aromatic heterocycles. The van der Waals surface area contributed by atoms with E-state index in [1.165, 1.54) is 12.1 Å². The Morgan fingerprint density at radius 1 is 1.28 bits per heavy atom. The van der Waals surface area contributed by atoms with Crippen LogP contribution in [-0.2, 0) is 19.9 Å². The fourth-order valence-electron chi connectivity index (χ4n) is 4.71. The second-order valence-electron chi connectivity index (χ2n) is 8.16. The Morgan fingerprint density at radius 2 is 2.03 bits per heavy atom. The van der Waals surface area contributed by atoms with Crippen LogP contribution in [-0.4, -0.2) is 56.1 Å². The molecule has 1 spiro atoms. The van der Waals surface area contributed by atoms with Crippen molar-refractivity contribution in [2.75, 3.05) is 26.7 Å². The van der Waals surface area contributed by atoms with Crippen LogP contribution in [0.15, 0.2) is 28.4 Å². The molecule has 2 heterocycles. The monoisotopic (exact) mass is 443 g/mol. The van der Waals surface area contributed by atoms with Gasteiger partial charge in [0.15, 0.2) is 12.2 Å². The highest BCUT2D eigenvalue weighted by atomic mass is 19.1. The lowest BCUT2D eigenvalue weighted by molar-refractivity contribution is -0.109. The molecule has 1 aliphatic carbocycles. The maximum atomic E-state index is 15.0.